The fourth-order valence-corrected chi connectivity index (χ4v) is 5.23. The number of hydrogen-bond donors (Lipinski definition) is 0. The van der Waals surface area contributed by atoms with Gasteiger partial charge in [0, 0.05) is 36.8 Å². The lowest BCUT2D eigenvalue weighted by atomic mass is 9.99. The highest BCUT2D eigenvalue weighted by atomic mass is 19.4. The van der Waals surface area contributed by atoms with Gasteiger partial charge in [0.2, 0.25) is 0 Å². The Balaban J connectivity index is 1.26. The smallest absolute Gasteiger partial charge is 0.429 e. The van der Waals surface area contributed by atoms with E-state index in [-0.39, 0.29) is 40.0 Å². The molecule has 0 amide bonds. The van der Waals surface area contributed by atoms with Crippen LogP contribution >= 0.6 is 0 Å². The van der Waals surface area contributed by atoms with Crippen LogP contribution in [0.15, 0.2) is 85.1 Å². The summed E-state index contributed by atoms with van der Waals surface area (Å²) in [6.45, 7) is 1.19. The first-order chi connectivity index (χ1) is 23.7. The maximum atomic E-state index is 15.1. The average Bonchev–Trinajstić information content (AvgIpc) is 3.04. The van der Waals surface area contributed by atoms with Gasteiger partial charge in [0.25, 0.3) is 0 Å². The number of methoxy groups -OCH3 is 1. The Morgan fingerprint density at radius 1 is 0.740 bits per heavy atom. The van der Waals surface area contributed by atoms with Crippen molar-refractivity contribution in [3.63, 3.8) is 0 Å². The predicted molar refractivity (Wildman–Crippen MR) is 163 cm³/mol. The summed E-state index contributed by atoms with van der Waals surface area (Å²) in [6, 6.07) is 11.9. The van der Waals surface area contributed by atoms with E-state index < -0.39 is 58.7 Å². The molecule has 0 bridgehead atoms. The molecule has 0 atom stereocenters. The molecule has 4 aromatic rings. The van der Waals surface area contributed by atoms with Crippen LogP contribution in [0.1, 0.15) is 30.3 Å². The Morgan fingerprint density at radius 3 is 1.98 bits per heavy atom. The van der Waals surface area contributed by atoms with Crippen molar-refractivity contribution in [1.82, 2.24) is 0 Å². The van der Waals surface area contributed by atoms with Gasteiger partial charge in [-0.3, -0.25) is 0 Å². The Labute approximate surface area is 280 Å². The highest BCUT2D eigenvalue weighted by Crippen LogP contribution is 2.38. The number of halogens is 9. The molecule has 4 aromatic carbocycles. The molecule has 5 nitrogen and oxygen atoms in total. The van der Waals surface area contributed by atoms with E-state index in [1.807, 2.05) is 0 Å². The summed E-state index contributed by atoms with van der Waals surface area (Å²) in [5.41, 5.74) is -2.07. The molecule has 1 saturated heterocycles. The molecule has 0 saturated carbocycles. The van der Waals surface area contributed by atoms with E-state index in [0.717, 1.165) is 43.2 Å². The van der Waals surface area contributed by atoms with E-state index in [1.54, 1.807) is 7.11 Å². The third-order valence-electron chi connectivity index (χ3n) is 7.65. The van der Waals surface area contributed by atoms with Gasteiger partial charge in [-0.2, -0.15) is 22.0 Å². The zero-order chi connectivity index (χ0) is 36.1. The van der Waals surface area contributed by atoms with Gasteiger partial charge < -0.3 is 23.7 Å². The van der Waals surface area contributed by atoms with Crippen molar-refractivity contribution in [2.24, 2.45) is 5.92 Å². The highest BCUT2D eigenvalue weighted by molar-refractivity contribution is 5.67. The maximum Gasteiger partial charge on any atom is 0.429 e. The predicted octanol–water partition coefficient (Wildman–Crippen LogP) is 10.2. The second-order valence-electron chi connectivity index (χ2n) is 11.3. The molecule has 1 heterocycles. The van der Waals surface area contributed by atoms with Crippen molar-refractivity contribution in [2.45, 2.75) is 31.4 Å². The molecule has 0 radical (unpaired) electrons. The lowest BCUT2D eigenvalue weighted by Crippen LogP contribution is -2.27. The molecule has 266 valence electrons. The molecule has 0 N–H and O–H groups in total. The topological polar surface area (TPSA) is 46.2 Å². The number of ether oxygens (including phenoxy) is 5. The minimum absolute atomic E-state index is 0.0244. The number of allylic oxidation sites excluding steroid dienone is 1. The molecular formula is C36H29F9O5. The fraction of sp³-hybridized carbons (Fsp3) is 0.278. The van der Waals surface area contributed by atoms with Gasteiger partial charge in [-0.15, -0.1) is 0 Å². The van der Waals surface area contributed by atoms with Gasteiger partial charge in [-0.1, -0.05) is 18.2 Å². The molecule has 1 aliphatic rings. The van der Waals surface area contributed by atoms with Crippen LogP contribution in [0.5, 0.6) is 11.5 Å². The summed E-state index contributed by atoms with van der Waals surface area (Å²) in [5, 5.41) is 0. The van der Waals surface area contributed by atoms with Crippen molar-refractivity contribution in [3.05, 3.63) is 120 Å². The highest BCUT2D eigenvalue weighted by Gasteiger charge is 2.38. The summed E-state index contributed by atoms with van der Waals surface area (Å²) < 4.78 is 153. The van der Waals surface area contributed by atoms with Gasteiger partial charge in [0.1, 0.15) is 34.8 Å². The third kappa shape index (κ3) is 9.17. The van der Waals surface area contributed by atoms with Crippen LogP contribution in [0.3, 0.4) is 0 Å². The second-order valence-corrected chi connectivity index (χ2v) is 11.3. The standard InChI is InChI=1S/C36H29F9O5/c1-46-13-2-3-21-19-48-34(49-20-21)24-16-31(39)33(32(40)17-24)23-6-11-28(30(38)15-23)36(44,45)50-26-9-10-27(29(37)18-26)22-4-7-25(8-5-22)47-14-12-35(41,42)43/h4-12,14-18,21,34H,2-3,13,19-20H2,1H3/b14-12+. The Hall–Kier alpha value is -4.53. The van der Waals surface area contributed by atoms with Gasteiger partial charge in [-0.05, 0) is 72.5 Å². The first-order valence-electron chi connectivity index (χ1n) is 15.1. The molecule has 0 unspecified atom stereocenters. The van der Waals surface area contributed by atoms with Crippen molar-refractivity contribution < 1.29 is 63.2 Å². The van der Waals surface area contributed by atoms with Crippen molar-refractivity contribution >= 4 is 0 Å². The van der Waals surface area contributed by atoms with Crippen LogP contribution in [0.2, 0.25) is 0 Å². The van der Waals surface area contributed by atoms with E-state index in [4.69, 9.17) is 18.9 Å². The van der Waals surface area contributed by atoms with Crippen LogP contribution in [-0.2, 0) is 20.3 Å². The third-order valence-corrected chi connectivity index (χ3v) is 7.65. The second kappa shape index (κ2) is 15.6. The van der Waals surface area contributed by atoms with Crippen LogP contribution in [0, 0.1) is 29.2 Å². The van der Waals surface area contributed by atoms with E-state index in [9.17, 15) is 17.6 Å². The molecule has 0 aliphatic carbocycles. The summed E-state index contributed by atoms with van der Waals surface area (Å²) in [5.74, 6) is -5.29. The van der Waals surface area contributed by atoms with E-state index in [0.29, 0.717) is 44.3 Å². The summed E-state index contributed by atoms with van der Waals surface area (Å²) in [6.07, 6.45) is -8.03. The van der Waals surface area contributed by atoms with Gasteiger partial charge >= 0.3 is 12.3 Å². The number of hydrogen-bond acceptors (Lipinski definition) is 5. The Bertz CT molecular complexity index is 1780. The molecule has 0 spiro atoms. The zero-order valence-electron chi connectivity index (χ0n) is 26.2. The van der Waals surface area contributed by atoms with Crippen LogP contribution < -0.4 is 9.47 Å². The number of alkyl halides is 5. The molecular weight excluding hydrogens is 683 g/mol. The Kier molecular flexibility index (Phi) is 11.4. The molecule has 0 aromatic heterocycles. The normalized spacial score (nSPS) is 16.9. The molecule has 5 rings (SSSR count). The molecule has 50 heavy (non-hydrogen) atoms. The van der Waals surface area contributed by atoms with Crippen molar-refractivity contribution in [3.8, 4) is 33.8 Å². The Morgan fingerprint density at radius 2 is 1.38 bits per heavy atom. The monoisotopic (exact) mass is 712 g/mol. The number of rotatable bonds is 12. The summed E-state index contributed by atoms with van der Waals surface area (Å²) in [7, 11) is 1.59. The van der Waals surface area contributed by atoms with E-state index in [1.165, 1.54) is 24.3 Å². The van der Waals surface area contributed by atoms with Crippen LogP contribution in [0.25, 0.3) is 22.3 Å². The van der Waals surface area contributed by atoms with Crippen LogP contribution in [-0.4, -0.2) is 33.1 Å². The largest absolute Gasteiger partial charge is 0.465 e. The maximum absolute atomic E-state index is 15.1. The molecule has 1 aliphatic heterocycles. The molecule has 14 heteroatoms. The summed E-state index contributed by atoms with van der Waals surface area (Å²) in [4.78, 5) is 0. The first-order valence-corrected chi connectivity index (χ1v) is 15.1. The van der Waals surface area contributed by atoms with Crippen molar-refractivity contribution in [2.75, 3.05) is 26.9 Å². The lowest BCUT2D eigenvalue weighted by Gasteiger charge is -2.30. The molecule has 1 fully saturated rings. The van der Waals surface area contributed by atoms with E-state index in [2.05, 4.69) is 4.74 Å². The minimum Gasteiger partial charge on any atom is -0.465 e. The lowest BCUT2D eigenvalue weighted by molar-refractivity contribution is -0.206. The zero-order valence-corrected chi connectivity index (χ0v) is 26.2. The van der Waals surface area contributed by atoms with Gasteiger partial charge in [0.15, 0.2) is 6.29 Å². The van der Waals surface area contributed by atoms with E-state index >= 15 is 22.0 Å². The first kappa shape index (κ1) is 36.7. The quantitative estimate of drug-likeness (QED) is 0.0832. The van der Waals surface area contributed by atoms with Crippen LogP contribution in [0.4, 0.5) is 39.5 Å². The van der Waals surface area contributed by atoms with Gasteiger partial charge in [0.05, 0.1) is 36.7 Å². The fourth-order valence-electron chi connectivity index (χ4n) is 5.23. The number of benzene rings is 4. The SMILES string of the molecule is COCCCC1COC(c2cc(F)c(-c3ccc(C(F)(F)Oc4ccc(-c5ccc(O/C=C/C(F)(F)F)cc5)c(F)c4)c(F)c3)c(F)c2)OC1. The van der Waals surface area contributed by atoms with Gasteiger partial charge in [-0.25, -0.2) is 17.6 Å². The van der Waals surface area contributed by atoms with Crippen molar-refractivity contribution in [1.29, 1.82) is 0 Å². The average molecular weight is 713 g/mol. The summed E-state index contributed by atoms with van der Waals surface area (Å²) >= 11 is 0. The minimum atomic E-state index is -4.57.